The summed E-state index contributed by atoms with van der Waals surface area (Å²) in [7, 11) is -0.545. The van der Waals surface area contributed by atoms with E-state index in [1.807, 2.05) is 25.5 Å². The van der Waals surface area contributed by atoms with E-state index in [2.05, 4.69) is 39.8 Å². The number of ether oxygens (including phenoxy) is 2. The Kier molecular flexibility index (Phi) is 6.49. The van der Waals surface area contributed by atoms with Crippen molar-refractivity contribution in [1.82, 2.24) is 14.7 Å². The standard InChI is InChI=1S/C17H30BrN3O3S/c1-17(2,3)24-16(22)20-8-7-14-13(11-20)15(18)19-21(14)12-23-9-10-25(4,5)6/h7-12H2,1-6H3. The number of hydrogen-bond donors (Lipinski definition) is 0. The van der Waals surface area contributed by atoms with Gasteiger partial charge in [0.1, 0.15) is 16.9 Å². The molecule has 0 aliphatic carbocycles. The first-order valence-electron chi connectivity index (χ1n) is 8.42. The number of aromatic nitrogens is 2. The number of amides is 1. The van der Waals surface area contributed by atoms with Gasteiger partial charge < -0.3 is 14.4 Å². The molecule has 25 heavy (non-hydrogen) atoms. The van der Waals surface area contributed by atoms with Crippen LogP contribution in [0.2, 0.25) is 0 Å². The van der Waals surface area contributed by atoms with Gasteiger partial charge in [0.05, 0.1) is 13.2 Å². The lowest BCUT2D eigenvalue weighted by Crippen LogP contribution is -2.40. The maximum Gasteiger partial charge on any atom is 0.410 e. The summed E-state index contributed by atoms with van der Waals surface area (Å²) >= 11 is 3.52. The second-order valence-electron chi connectivity index (χ2n) is 8.20. The van der Waals surface area contributed by atoms with Crippen LogP contribution in [0.15, 0.2) is 4.60 Å². The molecule has 6 nitrogen and oxygen atoms in total. The van der Waals surface area contributed by atoms with Crippen LogP contribution in [-0.2, 0) is 29.2 Å². The molecular weight excluding hydrogens is 406 g/mol. The third-order valence-electron chi connectivity index (χ3n) is 3.79. The van der Waals surface area contributed by atoms with Crippen LogP contribution in [0.3, 0.4) is 0 Å². The molecule has 0 radical (unpaired) electrons. The third-order valence-corrected chi connectivity index (χ3v) is 5.82. The van der Waals surface area contributed by atoms with Crippen molar-refractivity contribution in [3.8, 4) is 0 Å². The Morgan fingerprint density at radius 3 is 2.60 bits per heavy atom. The zero-order valence-corrected chi connectivity index (χ0v) is 18.5. The lowest BCUT2D eigenvalue weighted by atomic mass is 10.1. The highest BCUT2D eigenvalue weighted by Gasteiger charge is 2.29. The van der Waals surface area contributed by atoms with Crippen LogP contribution in [0.4, 0.5) is 4.79 Å². The van der Waals surface area contributed by atoms with Gasteiger partial charge in [-0.3, -0.25) is 0 Å². The Morgan fingerprint density at radius 1 is 1.32 bits per heavy atom. The van der Waals surface area contributed by atoms with Gasteiger partial charge in [-0.2, -0.15) is 5.10 Å². The first kappa shape index (κ1) is 20.6. The molecule has 1 amide bonds. The molecule has 1 aromatic heterocycles. The average molecular weight is 436 g/mol. The largest absolute Gasteiger partial charge is 0.444 e. The fourth-order valence-corrected chi connectivity index (χ4v) is 3.66. The zero-order valence-electron chi connectivity index (χ0n) is 16.1. The Balaban J connectivity index is 1.97. The number of nitrogens with zero attached hydrogens (tertiary/aromatic N) is 3. The van der Waals surface area contributed by atoms with Crippen molar-refractivity contribution in [2.45, 2.75) is 46.1 Å². The minimum absolute atomic E-state index is 0.276. The Hall–Kier alpha value is -0.730. The Labute approximate surface area is 160 Å². The summed E-state index contributed by atoms with van der Waals surface area (Å²) in [5, 5.41) is 4.53. The van der Waals surface area contributed by atoms with E-state index in [0.29, 0.717) is 19.8 Å². The SMILES string of the molecule is CC(C)(C)OC(=O)N1CCc2c(c(Br)nn2COCCS(C)(C)C)C1. The quantitative estimate of drug-likeness (QED) is 0.662. The van der Waals surface area contributed by atoms with E-state index in [1.54, 1.807) is 4.90 Å². The minimum Gasteiger partial charge on any atom is -0.444 e. The van der Waals surface area contributed by atoms with Gasteiger partial charge in [-0.25, -0.2) is 19.5 Å². The number of hydrogen-bond acceptors (Lipinski definition) is 4. The highest BCUT2D eigenvalue weighted by atomic mass is 79.9. The summed E-state index contributed by atoms with van der Waals surface area (Å²) < 4.78 is 14.0. The molecule has 0 aromatic carbocycles. The molecule has 8 heteroatoms. The molecule has 144 valence electrons. The summed E-state index contributed by atoms with van der Waals surface area (Å²) in [5.41, 5.74) is 1.69. The van der Waals surface area contributed by atoms with E-state index in [4.69, 9.17) is 9.47 Å². The molecule has 0 N–H and O–H groups in total. The number of halogens is 1. The number of carbonyl (C=O) groups excluding carboxylic acids is 1. The van der Waals surface area contributed by atoms with E-state index in [-0.39, 0.29) is 6.09 Å². The lowest BCUT2D eigenvalue weighted by Gasteiger charge is -2.30. The van der Waals surface area contributed by atoms with Crippen molar-refractivity contribution >= 4 is 32.1 Å². The number of carbonyl (C=O) groups is 1. The van der Waals surface area contributed by atoms with Crippen LogP contribution in [-0.4, -0.2) is 64.0 Å². The van der Waals surface area contributed by atoms with Crippen molar-refractivity contribution < 1.29 is 14.3 Å². The first-order valence-corrected chi connectivity index (χ1v) is 12.2. The van der Waals surface area contributed by atoms with Gasteiger partial charge in [-0.05, 0) is 55.5 Å². The molecule has 0 spiro atoms. The summed E-state index contributed by atoms with van der Waals surface area (Å²) in [5.74, 6) is 1.09. The molecule has 0 saturated carbocycles. The molecule has 2 heterocycles. The van der Waals surface area contributed by atoms with Gasteiger partial charge in [0.25, 0.3) is 0 Å². The van der Waals surface area contributed by atoms with Gasteiger partial charge in [0, 0.05) is 30.0 Å². The fraction of sp³-hybridized carbons (Fsp3) is 0.765. The maximum absolute atomic E-state index is 12.3. The van der Waals surface area contributed by atoms with Crippen LogP contribution < -0.4 is 0 Å². The first-order chi connectivity index (χ1) is 11.5. The van der Waals surface area contributed by atoms with Gasteiger partial charge in [0.2, 0.25) is 0 Å². The summed E-state index contributed by atoms with van der Waals surface area (Å²) in [4.78, 5) is 14.0. The normalized spacial score (nSPS) is 15.9. The maximum atomic E-state index is 12.3. The third kappa shape index (κ3) is 6.18. The predicted octanol–water partition coefficient (Wildman–Crippen LogP) is 3.61. The summed E-state index contributed by atoms with van der Waals surface area (Å²) in [6.07, 6.45) is 7.33. The summed E-state index contributed by atoms with van der Waals surface area (Å²) in [6.45, 7) is 7.98. The van der Waals surface area contributed by atoms with Gasteiger partial charge in [-0.1, -0.05) is 0 Å². The molecule has 0 unspecified atom stereocenters. The molecule has 0 atom stereocenters. The average Bonchev–Trinajstić information content (AvgIpc) is 2.77. The van der Waals surface area contributed by atoms with Crippen molar-refractivity contribution in [2.24, 2.45) is 0 Å². The van der Waals surface area contributed by atoms with Crippen molar-refractivity contribution in [1.29, 1.82) is 0 Å². The molecule has 1 aromatic rings. The molecule has 0 bridgehead atoms. The van der Waals surface area contributed by atoms with Crippen LogP contribution in [0, 0.1) is 0 Å². The van der Waals surface area contributed by atoms with E-state index in [9.17, 15) is 4.79 Å². The molecule has 0 fully saturated rings. The molecular formula is C17H30BrN3O3S. The lowest BCUT2D eigenvalue weighted by molar-refractivity contribution is 0.0218. The minimum atomic E-state index is -0.545. The number of rotatable bonds is 5. The highest BCUT2D eigenvalue weighted by molar-refractivity contribution is 9.10. The highest BCUT2D eigenvalue weighted by Crippen LogP contribution is 2.33. The summed E-state index contributed by atoms with van der Waals surface area (Å²) in [6, 6.07) is 0. The van der Waals surface area contributed by atoms with Crippen LogP contribution in [0.5, 0.6) is 0 Å². The van der Waals surface area contributed by atoms with Crippen molar-refractivity contribution in [3.05, 3.63) is 15.9 Å². The van der Waals surface area contributed by atoms with Gasteiger partial charge >= 0.3 is 6.09 Å². The monoisotopic (exact) mass is 435 g/mol. The fourth-order valence-electron chi connectivity index (χ4n) is 2.50. The van der Waals surface area contributed by atoms with Crippen molar-refractivity contribution in [3.63, 3.8) is 0 Å². The second-order valence-corrected chi connectivity index (χ2v) is 13.5. The van der Waals surface area contributed by atoms with E-state index in [0.717, 1.165) is 34.6 Å². The van der Waals surface area contributed by atoms with Crippen LogP contribution in [0.1, 0.15) is 32.0 Å². The molecule has 2 rings (SSSR count). The van der Waals surface area contributed by atoms with Crippen LogP contribution >= 0.6 is 26.0 Å². The van der Waals surface area contributed by atoms with E-state index < -0.39 is 15.6 Å². The zero-order chi connectivity index (χ0) is 18.8. The molecule has 1 aliphatic rings. The Bertz CT molecular complexity index is 620. The van der Waals surface area contributed by atoms with E-state index >= 15 is 0 Å². The van der Waals surface area contributed by atoms with E-state index in [1.165, 1.54) is 0 Å². The molecule has 1 aliphatic heterocycles. The second kappa shape index (κ2) is 7.88. The van der Waals surface area contributed by atoms with Crippen molar-refractivity contribution in [2.75, 3.05) is 37.7 Å². The van der Waals surface area contributed by atoms with Gasteiger partial charge in [0.15, 0.2) is 0 Å². The van der Waals surface area contributed by atoms with Gasteiger partial charge in [-0.15, -0.1) is 0 Å². The smallest absolute Gasteiger partial charge is 0.410 e. The topological polar surface area (TPSA) is 56.6 Å². The number of fused-ring (bicyclic) bond motifs is 1. The van der Waals surface area contributed by atoms with Crippen LogP contribution in [0.25, 0.3) is 0 Å². The molecule has 0 saturated heterocycles. The Morgan fingerprint density at radius 2 is 2.00 bits per heavy atom. The predicted molar refractivity (Wildman–Crippen MR) is 106 cm³/mol.